The number of aryl methyl sites for hydroxylation is 2. The van der Waals surface area contributed by atoms with Crippen LogP contribution in [-0.4, -0.2) is 34.5 Å². The molecule has 2 rings (SSSR count). The molecule has 5 nitrogen and oxygen atoms in total. The molecule has 0 atom stereocenters. The molecule has 0 spiro atoms. The Morgan fingerprint density at radius 1 is 1.55 bits per heavy atom. The largest absolute Gasteiger partial charge is 0.353 e. The zero-order chi connectivity index (χ0) is 14.5. The smallest absolute Gasteiger partial charge is 0.194 e. The van der Waals surface area contributed by atoms with Crippen molar-refractivity contribution in [1.82, 2.24) is 19.8 Å². The van der Waals surface area contributed by atoms with Crippen LogP contribution in [0.15, 0.2) is 28.8 Å². The van der Waals surface area contributed by atoms with E-state index >= 15 is 0 Å². The van der Waals surface area contributed by atoms with Crippen molar-refractivity contribution in [3.63, 3.8) is 0 Å². The molecule has 0 aliphatic carbocycles. The summed E-state index contributed by atoms with van der Waals surface area (Å²) in [6.07, 6.45) is 2.06. The maximum atomic E-state index is 4.33. The molecule has 2 aromatic heterocycles. The Morgan fingerprint density at radius 2 is 2.35 bits per heavy atom. The summed E-state index contributed by atoms with van der Waals surface area (Å²) in [5, 5.41) is 3.38. The third-order valence-corrected chi connectivity index (χ3v) is 4.21. The highest BCUT2D eigenvalue weighted by molar-refractivity contribution is 7.09. The quantitative estimate of drug-likeness (QED) is 0.692. The number of nitrogens with zero attached hydrogens (tertiary/aromatic N) is 4. The molecule has 108 valence electrons. The molecule has 1 N–H and O–H groups in total. The second-order valence-corrected chi connectivity index (χ2v) is 5.67. The zero-order valence-electron chi connectivity index (χ0n) is 12.4. The van der Waals surface area contributed by atoms with Crippen LogP contribution in [0.4, 0.5) is 0 Å². The average molecular weight is 291 g/mol. The summed E-state index contributed by atoms with van der Waals surface area (Å²) < 4.78 is 2.12. The molecule has 6 heteroatoms. The van der Waals surface area contributed by atoms with Crippen molar-refractivity contribution in [2.75, 3.05) is 14.1 Å². The van der Waals surface area contributed by atoms with E-state index in [0.717, 1.165) is 24.7 Å². The minimum absolute atomic E-state index is 0.765. The van der Waals surface area contributed by atoms with Gasteiger partial charge >= 0.3 is 0 Å². The van der Waals surface area contributed by atoms with Crippen LogP contribution in [0.3, 0.4) is 0 Å². The maximum absolute atomic E-state index is 4.33. The lowest BCUT2D eigenvalue weighted by Crippen LogP contribution is -2.38. The van der Waals surface area contributed by atoms with Crippen LogP contribution in [0.5, 0.6) is 0 Å². The number of hydrogen-bond donors (Lipinski definition) is 1. The van der Waals surface area contributed by atoms with Gasteiger partial charge in [-0.2, -0.15) is 0 Å². The molecule has 0 fully saturated rings. The highest BCUT2D eigenvalue weighted by atomic mass is 32.1. The second-order valence-electron chi connectivity index (χ2n) is 4.73. The van der Waals surface area contributed by atoms with E-state index in [-0.39, 0.29) is 0 Å². The van der Waals surface area contributed by atoms with Gasteiger partial charge in [0, 0.05) is 37.9 Å². The Bertz CT molecular complexity index is 584. The summed E-state index contributed by atoms with van der Waals surface area (Å²) in [5.41, 5.74) is 4.22. The zero-order valence-corrected chi connectivity index (χ0v) is 13.2. The number of aliphatic imine (C=N–C) groups is 1. The predicted octanol–water partition coefficient (Wildman–Crippen LogP) is 2.00. The van der Waals surface area contributed by atoms with E-state index in [1.54, 1.807) is 11.3 Å². The van der Waals surface area contributed by atoms with Gasteiger partial charge in [-0.1, -0.05) is 0 Å². The van der Waals surface area contributed by atoms with Gasteiger partial charge in [0.05, 0.1) is 24.3 Å². The van der Waals surface area contributed by atoms with Crippen molar-refractivity contribution >= 4 is 17.3 Å². The molecule has 0 amide bonds. The topological polar surface area (TPSA) is 45.5 Å². The molecule has 0 saturated carbocycles. The van der Waals surface area contributed by atoms with Gasteiger partial charge in [0.15, 0.2) is 5.96 Å². The third kappa shape index (κ3) is 3.39. The normalized spacial score (nSPS) is 11.7. The summed E-state index contributed by atoms with van der Waals surface area (Å²) in [6.45, 7) is 3.62. The number of rotatable bonds is 4. The first-order chi connectivity index (χ1) is 9.61. The first-order valence-electron chi connectivity index (χ1n) is 6.52. The molecular formula is C14H21N5S. The Morgan fingerprint density at radius 3 is 2.90 bits per heavy atom. The summed E-state index contributed by atoms with van der Waals surface area (Å²) in [7, 11) is 5.91. The van der Waals surface area contributed by atoms with Gasteiger partial charge in [0.1, 0.15) is 0 Å². The summed E-state index contributed by atoms with van der Waals surface area (Å²) >= 11 is 1.67. The molecule has 0 saturated heterocycles. The Kier molecular flexibility index (Phi) is 4.79. The van der Waals surface area contributed by atoms with Gasteiger partial charge < -0.3 is 14.8 Å². The van der Waals surface area contributed by atoms with E-state index in [9.17, 15) is 0 Å². The maximum Gasteiger partial charge on any atom is 0.194 e. The molecule has 2 heterocycles. The lowest BCUT2D eigenvalue weighted by atomic mass is 10.4. The minimum Gasteiger partial charge on any atom is -0.353 e. The Hall–Kier alpha value is -1.82. The van der Waals surface area contributed by atoms with Crippen molar-refractivity contribution < 1.29 is 0 Å². The van der Waals surface area contributed by atoms with Crippen LogP contribution in [-0.2, 0) is 20.1 Å². The van der Waals surface area contributed by atoms with Crippen LogP contribution in [0.25, 0.3) is 0 Å². The van der Waals surface area contributed by atoms with E-state index < -0.39 is 0 Å². The van der Waals surface area contributed by atoms with Crippen molar-refractivity contribution in [3.8, 4) is 0 Å². The van der Waals surface area contributed by atoms with Crippen molar-refractivity contribution in [3.05, 3.63) is 40.1 Å². The number of hydrogen-bond acceptors (Lipinski definition) is 3. The first kappa shape index (κ1) is 14.6. The van der Waals surface area contributed by atoms with Crippen LogP contribution in [0, 0.1) is 6.92 Å². The van der Waals surface area contributed by atoms with Gasteiger partial charge in [-0.15, -0.1) is 11.3 Å². The second kappa shape index (κ2) is 6.56. The first-order valence-corrected chi connectivity index (χ1v) is 7.40. The van der Waals surface area contributed by atoms with Crippen LogP contribution in [0.1, 0.15) is 16.3 Å². The number of nitrogens with one attached hydrogen (secondary N) is 1. The third-order valence-electron chi connectivity index (χ3n) is 3.28. The standard InChI is InChI=1S/C14H21N5S/c1-11-13(20-10-17-11)8-16-14(15-2)19(4)9-12-6-5-7-18(12)3/h5-7,10H,8-9H2,1-4H3,(H,15,16). The van der Waals surface area contributed by atoms with Crippen LogP contribution < -0.4 is 5.32 Å². The van der Waals surface area contributed by atoms with Crippen molar-refractivity contribution in [2.45, 2.75) is 20.0 Å². The van der Waals surface area contributed by atoms with Crippen molar-refractivity contribution in [2.24, 2.45) is 12.0 Å². The van der Waals surface area contributed by atoms with E-state index in [2.05, 4.69) is 50.1 Å². The molecule has 0 radical (unpaired) electrons. The average Bonchev–Trinajstić information content (AvgIpc) is 3.00. The fourth-order valence-electron chi connectivity index (χ4n) is 2.02. The van der Waals surface area contributed by atoms with Gasteiger partial charge in [0.25, 0.3) is 0 Å². The van der Waals surface area contributed by atoms with Gasteiger partial charge in [0.2, 0.25) is 0 Å². The summed E-state index contributed by atoms with van der Waals surface area (Å²) in [4.78, 5) is 12.0. The molecule has 0 aliphatic rings. The molecular weight excluding hydrogens is 270 g/mol. The predicted molar refractivity (Wildman–Crippen MR) is 83.9 cm³/mol. The van der Waals surface area contributed by atoms with Crippen molar-refractivity contribution in [1.29, 1.82) is 0 Å². The fourth-order valence-corrected chi connectivity index (χ4v) is 2.74. The molecule has 0 unspecified atom stereocenters. The molecule has 0 bridgehead atoms. The number of thiazole rings is 1. The fraction of sp³-hybridized carbons (Fsp3) is 0.429. The SMILES string of the molecule is CN=C(NCc1scnc1C)N(C)Cc1cccn1C. The lowest BCUT2D eigenvalue weighted by molar-refractivity contribution is 0.462. The van der Waals surface area contributed by atoms with E-state index in [0.29, 0.717) is 0 Å². The Balaban J connectivity index is 1.95. The van der Waals surface area contributed by atoms with E-state index in [1.165, 1.54) is 10.6 Å². The summed E-state index contributed by atoms with van der Waals surface area (Å²) in [5.74, 6) is 0.888. The number of aromatic nitrogens is 2. The van der Waals surface area contributed by atoms with Crippen LogP contribution >= 0.6 is 11.3 Å². The monoisotopic (exact) mass is 291 g/mol. The minimum atomic E-state index is 0.765. The van der Waals surface area contributed by atoms with E-state index in [1.807, 2.05) is 26.5 Å². The molecule has 20 heavy (non-hydrogen) atoms. The van der Waals surface area contributed by atoms with Gasteiger partial charge in [-0.05, 0) is 19.1 Å². The highest BCUT2D eigenvalue weighted by Gasteiger charge is 2.09. The highest BCUT2D eigenvalue weighted by Crippen LogP contribution is 2.11. The van der Waals surface area contributed by atoms with Crippen LogP contribution in [0.2, 0.25) is 0 Å². The van der Waals surface area contributed by atoms with Gasteiger partial charge in [-0.25, -0.2) is 4.98 Å². The van der Waals surface area contributed by atoms with E-state index in [4.69, 9.17) is 0 Å². The molecule has 0 aromatic carbocycles. The lowest BCUT2D eigenvalue weighted by Gasteiger charge is -2.22. The molecule has 0 aliphatic heterocycles. The number of guanidine groups is 1. The van der Waals surface area contributed by atoms with Gasteiger partial charge in [-0.3, -0.25) is 4.99 Å². The Labute approximate surface area is 124 Å². The molecule has 2 aromatic rings. The summed E-state index contributed by atoms with van der Waals surface area (Å²) in [6, 6.07) is 4.18.